The molecule has 3 N–H and O–H groups in total. The van der Waals surface area contributed by atoms with E-state index in [0.29, 0.717) is 49.8 Å². The first kappa shape index (κ1) is 37.2. The summed E-state index contributed by atoms with van der Waals surface area (Å²) in [5.74, 6) is -5.38. The van der Waals surface area contributed by atoms with Crippen LogP contribution in [0.4, 0.5) is 9.52 Å². The maximum absolute atomic E-state index is 14.3. The third-order valence-corrected chi connectivity index (χ3v) is 14.5. The van der Waals surface area contributed by atoms with E-state index in [1.165, 1.54) is 28.5 Å². The van der Waals surface area contributed by atoms with Gasteiger partial charge >= 0.3 is 11.9 Å². The molecule has 13 rings (SSSR count). The van der Waals surface area contributed by atoms with Crippen LogP contribution in [-0.4, -0.2) is 71.0 Å². The fraction of sp³-hybridized carbons (Fsp3) is 0.378. The van der Waals surface area contributed by atoms with Gasteiger partial charge in [0, 0.05) is 52.8 Å². The van der Waals surface area contributed by atoms with Gasteiger partial charge in [0.25, 0.3) is 0 Å². The average Bonchev–Trinajstić information content (AvgIpc) is 4.02. The summed E-state index contributed by atoms with van der Waals surface area (Å²) in [6.45, 7) is 4.15. The molecule has 2 aliphatic heterocycles. The number of carboxylic acids is 2. The van der Waals surface area contributed by atoms with E-state index >= 15 is 0 Å². The molecule has 5 aromatic rings. The van der Waals surface area contributed by atoms with Gasteiger partial charge in [0.05, 0.1) is 37.5 Å². The van der Waals surface area contributed by atoms with E-state index in [1.54, 1.807) is 12.1 Å². The smallest absolute Gasteiger partial charge is 0.321 e. The summed E-state index contributed by atoms with van der Waals surface area (Å²) in [6.07, 6.45) is 1.59. The number of amides is 1. The molecular weight excluding hydrogens is 764 g/mol. The van der Waals surface area contributed by atoms with Gasteiger partial charge in [-0.3, -0.25) is 14.4 Å². The highest BCUT2D eigenvalue weighted by molar-refractivity contribution is 7.14. The van der Waals surface area contributed by atoms with Crippen LogP contribution in [0.2, 0.25) is 0 Å². The molecule has 4 aromatic carbocycles. The number of nitrogens with one attached hydrogen (secondary N) is 1. The van der Waals surface area contributed by atoms with E-state index < -0.39 is 40.3 Å². The van der Waals surface area contributed by atoms with Crippen molar-refractivity contribution >= 4 is 45.1 Å². The maximum atomic E-state index is 14.3. The number of aliphatic carboxylic acids is 2. The van der Waals surface area contributed by atoms with Gasteiger partial charge in [0.15, 0.2) is 22.1 Å². The number of anilines is 1. The lowest BCUT2D eigenvalue weighted by atomic mass is 9.51. The van der Waals surface area contributed by atoms with E-state index in [9.17, 15) is 29.0 Å². The first-order chi connectivity index (χ1) is 28.0. The molecule has 11 nitrogen and oxygen atoms in total. The number of ether oxygens (including phenoxy) is 4. The van der Waals surface area contributed by atoms with E-state index in [1.807, 2.05) is 53.9 Å². The van der Waals surface area contributed by atoms with E-state index in [0.717, 1.165) is 27.8 Å². The second-order valence-electron chi connectivity index (χ2n) is 16.4. The van der Waals surface area contributed by atoms with Crippen molar-refractivity contribution in [2.24, 2.45) is 10.8 Å². The number of thiazole rings is 1. The normalized spacial score (nSPS) is 27.5. The topological polar surface area (TPSA) is 154 Å². The highest BCUT2D eigenvalue weighted by Gasteiger charge is 2.68. The summed E-state index contributed by atoms with van der Waals surface area (Å²) in [7, 11) is 0. The molecule has 13 heteroatoms. The zero-order valence-electron chi connectivity index (χ0n) is 31.6. The van der Waals surface area contributed by atoms with Crippen LogP contribution in [0.15, 0.2) is 90.3 Å². The van der Waals surface area contributed by atoms with E-state index in [4.69, 9.17) is 23.9 Å². The molecule has 1 amide bonds. The Balaban J connectivity index is 0.000000159. The molecule has 6 aliphatic carbocycles. The lowest BCUT2D eigenvalue weighted by molar-refractivity contribution is -0.224. The molecule has 298 valence electrons. The quantitative estimate of drug-likeness (QED) is 0.149. The van der Waals surface area contributed by atoms with Crippen LogP contribution in [0.3, 0.4) is 0 Å². The maximum Gasteiger partial charge on any atom is 0.321 e. The monoisotopic (exact) mass is 804 g/mol. The highest BCUT2D eigenvalue weighted by atomic mass is 32.1. The summed E-state index contributed by atoms with van der Waals surface area (Å²) in [6, 6.07) is 26.4. The average molecular weight is 805 g/mol. The van der Waals surface area contributed by atoms with Crippen molar-refractivity contribution in [2.45, 2.75) is 67.9 Å². The Morgan fingerprint density at radius 3 is 1.76 bits per heavy atom. The minimum Gasteiger partial charge on any atom is -0.480 e. The van der Waals surface area contributed by atoms with Crippen molar-refractivity contribution < 1.29 is 47.9 Å². The molecule has 4 fully saturated rings. The summed E-state index contributed by atoms with van der Waals surface area (Å²) in [5, 5.41) is 26.3. The molecule has 0 radical (unpaired) electrons. The molecule has 2 saturated carbocycles. The Kier molecular flexibility index (Phi) is 8.67. The SMILES string of the molecule is CC1(C(=O)Nc2nc(-c3ccc(F)c4ccccc34)cs2)CC2c3ccccc3C1CC21OCCO1.O=C(O)C1(C(=O)O)CC2c3ccccc3C1CC21OCCO1. The highest BCUT2D eigenvalue weighted by Crippen LogP contribution is 2.66. The zero-order chi connectivity index (χ0) is 40.0. The molecule has 3 heterocycles. The van der Waals surface area contributed by atoms with Crippen LogP contribution in [0, 0.1) is 16.6 Å². The first-order valence-corrected chi connectivity index (χ1v) is 20.5. The molecule has 58 heavy (non-hydrogen) atoms. The van der Waals surface area contributed by atoms with E-state index in [2.05, 4.69) is 30.4 Å². The molecule has 8 aliphatic rings. The number of nitrogens with zero attached hydrogens (tertiary/aromatic N) is 1. The van der Waals surface area contributed by atoms with Crippen LogP contribution < -0.4 is 5.32 Å². The second kappa shape index (κ2) is 13.5. The van der Waals surface area contributed by atoms with Crippen molar-refractivity contribution in [2.75, 3.05) is 31.7 Å². The molecule has 2 saturated heterocycles. The lowest BCUT2D eigenvalue weighted by Gasteiger charge is -2.56. The Bertz CT molecular complexity index is 2480. The third-order valence-electron chi connectivity index (χ3n) is 13.8. The predicted octanol–water partition coefficient (Wildman–Crippen LogP) is 8.03. The van der Waals surface area contributed by atoms with Gasteiger partial charge < -0.3 is 34.5 Å². The zero-order valence-corrected chi connectivity index (χ0v) is 32.4. The molecule has 1 aromatic heterocycles. The molecular formula is C45H41FN2O9S. The largest absolute Gasteiger partial charge is 0.480 e. The van der Waals surface area contributed by atoms with Gasteiger partial charge in [-0.25, -0.2) is 9.37 Å². The number of carbonyl (C=O) groups is 3. The number of rotatable bonds is 5. The minimum absolute atomic E-state index is 0.000648. The fourth-order valence-electron chi connectivity index (χ4n) is 11.0. The molecule has 2 spiro atoms. The second-order valence-corrected chi connectivity index (χ2v) is 17.3. The lowest BCUT2D eigenvalue weighted by Crippen LogP contribution is -2.59. The minimum atomic E-state index is -1.81. The van der Waals surface area contributed by atoms with Crippen LogP contribution in [-0.2, 0) is 33.3 Å². The summed E-state index contributed by atoms with van der Waals surface area (Å²) >= 11 is 1.39. The number of halogens is 1. The Labute approximate surface area is 337 Å². The number of aromatic nitrogens is 1. The molecule has 5 atom stereocenters. The van der Waals surface area contributed by atoms with Gasteiger partial charge in [0.2, 0.25) is 5.91 Å². The van der Waals surface area contributed by atoms with Crippen molar-refractivity contribution in [3.8, 4) is 11.3 Å². The van der Waals surface area contributed by atoms with Gasteiger partial charge in [-0.1, -0.05) is 79.7 Å². The fourth-order valence-corrected chi connectivity index (χ4v) is 11.7. The van der Waals surface area contributed by atoms with Crippen LogP contribution >= 0.6 is 11.3 Å². The Morgan fingerprint density at radius 2 is 1.17 bits per heavy atom. The first-order valence-electron chi connectivity index (χ1n) is 19.6. The Hall–Kier alpha value is -5.05. The van der Waals surface area contributed by atoms with Crippen LogP contribution in [0.1, 0.15) is 78.5 Å². The number of benzene rings is 4. The van der Waals surface area contributed by atoms with Gasteiger partial charge in [0.1, 0.15) is 5.82 Å². The third kappa shape index (κ3) is 5.36. The van der Waals surface area contributed by atoms with Crippen molar-refractivity contribution in [3.05, 3.63) is 118 Å². The van der Waals surface area contributed by atoms with Crippen LogP contribution in [0.25, 0.3) is 22.0 Å². The standard InChI is InChI=1S/C29H25FN2O3S.C16H16O6/c1-28(14-23-19-8-4-3-7-18(19)22(28)15-29(23)34-12-13-35-29)26(33)32-27-31-25(16-36-27)21-10-11-24(30)20-9-5-2-6-17(20)21;17-13(18)15(14(19)20)7-12-10-4-2-1-3-9(10)11(15)8-16(12)21-5-6-22-16/h2-11,16,22-23H,12-15H2,1H3,(H,31,32,33);1-4,11-12H,5-8H2,(H,17,18)(H,19,20). The van der Waals surface area contributed by atoms with Crippen molar-refractivity contribution in [1.82, 2.24) is 4.98 Å². The number of fused-ring (bicyclic) bond motifs is 3. The number of hydrogen-bond donors (Lipinski definition) is 3. The summed E-state index contributed by atoms with van der Waals surface area (Å²) in [4.78, 5) is 42.3. The molecule has 4 bridgehead atoms. The predicted molar refractivity (Wildman–Crippen MR) is 211 cm³/mol. The van der Waals surface area contributed by atoms with Gasteiger partial charge in [-0.05, 0) is 52.6 Å². The number of carbonyl (C=O) groups excluding carboxylic acids is 1. The summed E-state index contributed by atoms with van der Waals surface area (Å²) < 4.78 is 38.3. The van der Waals surface area contributed by atoms with Crippen molar-refractivity contribution in [3.63, 3.8) is 0 Å². The van der Waals surface area contributed by atoms with Gasteiger partial charge in [-0.15, -0.1) is 11.3 Å². The molecule has 5 unspecified atom stereocenters. The Morgan fingerprint density at radius 1 is 0.672 bits per heavy atom. The summed E-state index contributed by atoms with van der Waals surface area (Å²) in [5.41, 5.74) is 3.35. The number of hydrogen-bond acceptors (Lipinski definition) is 9. The van der Waals surface area contributed by atoms with E-state index in [-0.39, 0.29) is 42.3 Å². The van der Waals surface area contributed by atoms with Crippen LogP contribution in [0.5, 0.6) is 0 Å². The van der Waals surface area contributed by atoms with Gasteiger partial charge in [-0.2, -0.15) is 0 Å². The van der Waals surface area contributed by atoms with Crippen molar-refractivity contribution in [1.29, 1.82) is 0 Å². The number of carboxylic acid groups (broad SMARTS) is 2.